The number of fused-ring (bicyclic) bond motifs is 1. The van der Waals surface area contributed by atoms with Crippen LogP contribution in [0, 0.1) is 5.41 Å². The Labute approximate surface area is 125 Å². The summed E-state index contributed by atoms with van der Waals surface area (Å²) in [6.07, 6.45) is -5.41. The largest absolute Gasteiger partial charge is 0.453 e. The average Bonchev–Trinajstić information content (AvgIpc) is 2.76. The number of alkyl halides is 5. The van der Waals surface area contributed by atoms with Gasteiger partial charge in [0.1, 0.15) is 16.7 Å². The van der Waals surface area contributed by atoms with Crippen molar-refractivity contribution in [2.45, 2.75) is 24.9 Å². The van der Waals surface area contributed by atoms with E-state index in [4.69, 9.17) is 22.7 Å². The molecule has 2 aromatic heterocycles. The molecule has 0 aliphatic carbocycles. The first-order valence-electron chi connectivity index (χ1n) is 5.84. The van der Waals surface area contributed by atoms with Crippen molar-refractivity contribution in [3.8, 4) is 0 Å². The van der Waals surface area contributed by atoms with E-state index in [9.17, 15) is 22.0 Å². The SMILES string of the molecule is N=C(N)c1cn2c(Cl)cnc2c(CCC(F)(F)C(F)(F)F)n1. The Morgan fingerprint density at radius 1 is 1.32 bits per heavy atom. The molecule has 2 rings (SSSR count). The van der Waals surface area contributed by atoms with E-state index < -0.39 is 30.8 Å². The Bertz CT molecular complexity index is 723. The zero-order valence-corrected chi connectivity index (χ0v) is 11.5. The van der Waals surface area contributed by atoms with E-state index >= 15 is 0 Å². The Morgan fingerprint density at radius 3 is 2.50 bits per heavy atom. The smallest absolute Gasteiger partial charge is 0.382 e. The summed E-state index contributed by atoms with van der Waals surface area (Å²) in [4.78, 5) is 7.62. The summed E-state index contributed by atoms with van der Waals surface area (Å²) in [5.41, 5.74) is 5.05. The fourth-order valence-electron chi connectivity index (χ4n) is 1.74. The number of hydrogen-bond donors (Lipinski definition) is 2. The summed E-state index contributed by atoms with van der Waals surface area (Å²) >= 11 is 5.82. The second-order valence-electron chi connectivity index (χ2n) is 4.46. The third-order valence-electron chi connectivity index (χ3n) is 2.88. The van der Waals surface area contributed by atoms with Gasteiger partial charge in [0.15, 0.2) is 5.65 Å². The first kappa shape index (κ1) is 16.4. The van der Waals surface area contributed by atoms with Crippen LogP contribution in [-0.4, -0.2) is 32.3 Å². The van der Waals surface area contributed by atoms with E-state index in [-0.39, 0.29) is 22.2 Å². The average molecular weight is 342 g/mol. The van der Waals surface area contributed by atoms with Gasteiger partial charge in [0.05, 0.1) is 11.9 Å². The molecule has 0 radical (unpaired) electrons. The van der Waals surface area contributed by atoms with E-state index in [0.717, 1.165) is 0 Å². The van der Waals surface area contributed by atoms with E-state index in [2.05, 4.69) is 9.97 Å². The van der Waals surface area contributed by atoms with Crippen LogP contribution in [-0.2, 0) is 6.42 Å². The molecule has 3 N–H and O–H groups in total. The number of nitrogens with zero attached hydrogens (tertiary/aromatic N) is 3. The number of imidazole rings is 1. The number of amidine groups is 1. The molecule has 0 aliphatic heterocycles. The fraction of sp³-hybridized carbons (Fsp3) is 0.364. The number of hydrogen-bond acceptors (Lipinski definition) is 3. The van der Waals surface area contributed by atoms with Gasteiger partial charge in [-0.2, -0.15) is 22.0 Å². The molecule has 0 fully saturated rings. The molecule has 0 saturated heterocycles. The molecule has 2 heterocycles. The maximum atomic E-state index is 13.0. The molecule has 2 aromatic rings. The minimum absolute atomic E-state index is 0.0352. The van der Waals surface area contributed by atoms with Crippen LogP contribution in [0.25, 0.3) is 5.65 Å². The van der Waals surface area contributed by atoms with Crippen molar-refractivity contribution in [1.29, 1.82) is 5.41 Å². The maximum Gasteiger partial charge on any atom is 0.453 e. The topological polar surface area (TPSA) is 80.1 Å². The van der Waals surface area contributed by atoms with E-state index in [1.54, 1.807) is 0 Å². The van der Waals surface area contributed by atoms with Crippen molar-refractivity contribution in [2.24, 2.45) is 5.73 Å². The van der Waals surface area contributed by atoms with Crippen LogP contribution in [0.4, 0.5) is 22.0 Å². The highest BCUT2D eigenvalue weighted by molar-refractivity contribution is 6.29. The van der Waals surface area contributed by atoms with Crippen LogP contribution in [0.15, 0.2) is 12.4 Å². The quantitative estimate of drug-likeness (QED) is 0.510. The molecule has 5 nitrogen and oxygen atoms in total. The lowest BCUT2D eigenvalue weighted by molar-refractivity contribution is -0.284. The van der Waals surface area contributed by atoms with Gasteiger partial charge >= 0.3 is 12.1 Å². The van der Waals surface area contributed by atoms with Crippen molar-refractivity contribution in [2.75, 3.05) is 0 Å². The van der Waals surface area contributed by atoms with Gasteiger partial charge in [-0.3, -0.25) is 9.81 Å². The predicted octanol–water partition coefficient (Wildman–Crippen LogP) is 2.80. The number of halogens is 6. The number of nitrogen functional groups attached to an aromatic ring is 1. The summed E-state index contributed by atoms with van der Waals surface area (Å²) in [5.74, 6) is -5.33. The van der Waals surface area contributed by atoms with Gasteiger partial charge < -0.3 is 5.73 Å². The molecular formula is C11H9ClF5N5. The molecule has 0 amide bonds. The van der Waals surface area contributed by atoms with E-state index in [1.165, 1.54) is 16.8 Å². The van der Waals surface area contributed by atoms with Crippen LogP contribution in [0.3, 0.4) is 0 Å². The van der Waals surface area contributed by atoms with Crippen molar-refractivity contribution in [3.05, 3.63) is 28.9 Å². The van der Waals surface area contributed by atoms with Crippen LogP contribution in [0.5, 0.6) is 0 Å². The number of nitrogens with one attached hydrogen (secondary N) is 1. The summed E-state index contributed by atoms with van der Waals surface area (Å²) in [7, 11) is 0. The number of rotatable bonds is 4. The lowest BCUT2D eigenvalue weighted by Crippen LogP contribution is -2.36. The standard InChI is InChI=1S/C11H9ClF5N5/c12-7-3-20-9-5(1-2-10(13,14)11(15,16)17)21-6(8(18)19)4-22(7)9/h3-4H,1-2H2,(H3,18,19). The maximum absolute atomic E-state index is 13.0. The van der Waals surface area contributed by atoms with Crippen molar-refractivity contribution in [1.82, 2.24) is 14.4 Å². The van der Waals surface area contributed by atoms with Crippen LogP contribution < -0.4 is 5.73 Å². The van der Waals surface area contributed by atoms with Crippen LogP contribution in [0.1, 0.15) is 17.8 Å². The molecule has 11 heteroatoms. The van der Waals surface area contributed by atoms with Gasteiger partial charge in [-0.15, -0.1) is 0 Å². The van der Waals surface area contributed by atoms with Gasteiger partial charge in [-0.25, -0.2) is 9.97 Å². The van der Waals surface area contributed by atoms with Crippen molar-refractivity contribution >= 4 is 23.1 Å². The molecule has 0 unspecified atom stereocenters. The Balaban J connectivity index is 2.41. The van der Waals surface area contributed by atoms with Crippen molar-refractivity contribution < 1.29 is 22.0 Å². The summed E-state index contributed by atoms with van der Waals surface area (Å²) in [5, 5.41) is 7.38. The third-order valence-corrected chi connectivity index (χ3v) is 3.16. The monoisotopic (exact) mass is 341 g/mol. The molecule has 22 heavy (non-hydrogen) atoms. The van der Waals surface area contributed by atoms with Crippen molar-refractivity contribution in [3.63, 3.8) is 0 Å². The molecule has 0 aromatic carbocycles. The zero-order chi connectivity index (χ0) is 16.7. The van der Waals surface area contributed by atoms with Gasteiger partial charge in [0, 0.05) is 12.6 Å². The highest BCUT2D eigenvalue weighted by Gasteiger charge is 2.56. The molecule has 0 atom stereocenters. The summed E-state index contributed by atoms with van der Waals surface area (Å²) in [6, 6.07) is 0. The highest BCUT2D eigenvalue weighted by atomic mass is 35.5. The van der Waals surface area contributed by atoms with E-state index in [0.29, 0.717) is 0 Å². The number of aromatic nitrogens is 3. The number of aryl methyl sites for hydroxylation is 1. The minimum Gasteiger partial charge on any atom is -0.382 e. The zero-order valence-electron chi connectivity index (χ0n) is 10.8. The fourth-order valence-corrected chi connectivity index (χ4v) is 1.92. The first-order chi connectivity index (χ1) is 10.0. The minimum atomic E-state index is -5.64. The Morgan fingerprint density at radius 2 is 1.95 bits per heavy atom. The molecule has 0 spiro atoms. The van der Waals surface area contributed by atoms with E-state index in [1.807, 2.05) is 0 Å². The lowest BCUT2D eigenvalue weighted by atomic mass is 10.1. The van der Waals surface area contributed by atoms with Crippen LogP contribution in [0.2, 0.25) is 5.15 Å². The molecule has 0 saturated carbocycles. The van der Waals surface area contributed by atoms with Gasteiger partial charge in [-0.05, 0) is 6.42 Å². The van der Waals surface area contributed by atoms with Gasteiger partial charge in [0.25, 0.3) is 0 Å². The van der Waals surface area contributed by atoms with Gasteiger partial charge in [-0.1, -0.05) is 11.6 Å². The highest BCUT2D eigenvalue weighted by Crippen LogP contribution is 2.38. The van der Waals surface area contributed by atoms with Gasteiger partial charge in [0.2, 0.25) is 0 Å². The Hall–Kier alpha value is -1.97. The second kappa shape index (κ2) is 5.34. The Kier molecular flexibility index (Phi) is 3.98. The first-order valence-corrected chi connectivity index (χ1v) is 6.22. The molecular weight excluding hydrogens is 333 g/mol. The second-order valence-corrected chi connectivity index (χ2v) is 4.85. The normalized spacial score (nSPS) is 12.8. The molecule has 0 bridgehead atoms. The summed E-state index contributed by atoms with van der Waals surface area (Å²) < 4.78 is 63.8. The lowest BCUT2D eigenvalue weighted by Gasteiger charge is -2.19. The number of nitrogens with two attached hydrogens (primary N) is 1. The molecule has 0 aliphatic rings. The predicted molar refractivity (Wildman–Crippen MR) is 68.3 cm³/mol. The van der Waals surface area contributed by atoms with Crippen LogP contribution >= 0.6 is 11.6 Å². The molecule has 120 valence electrons. The third kappa shape index (κ3) is 2.96. The summed E-state index contributed by atoms with van der Waals surface area (Å²) in [6.45, 7) is 0.